The standard InChI is InChI=1S/C25H24N2O5.C25H22N2O5.2CH4/c2*1-17-11-22(23(27(30)31)13-24(17)32-16-18-7-3-2-4-8-18)25(29)26-14-20-10-6-5-9-19(20)12-21(26)15-28;;/h2-11,13,21,28H,12,14-16H2,1H3;2-11,13,15,21H,12,14,16H2,1H3;2*1H4/t2*21-;;/m00../s1. The molecule has 2 aliphatic rings. The van der Waals surface area contributed by atoms with Crippen molar-refractivity contribution < 1.29 is 38.8 Å². The molecule has 0 unspecified atom stereocenters. The van der Waals surface area contributed by atoms with E-state index < -0.39 is 33.7 Å². The average molecular weight is 895 g/mol. The molecular weight excluding hydrogens is 841 g/mol. The monoisotopic (exact) mass is 894 g/mol. The van der Waals surface area contributed by atoms with Gasteiger partial charge in [-0.15, -0.1) is 0 Å². The van der Waals surface area contributed by atoms with Gasteiger partial charge in [0.05, 0.1) is 40.7 Å². The van der Waals surface area contributed by atoms with Gasteiger partial charge >= 0.3 is 0 Å². The normalized spacial score (nSPS) is 14.7. The number of nitro benzene ring substituents is 2. The van der Waals surface area contributed by atoms with Gasteiger partial charge < -0.3 is 29.2 Å². The lowest BCUT2D eigenvalue weighted by Crippen LogP contribution is -2.46. The molecule has 2 heterocycles. The lowest BCUT2D eigenvalue weighted by atomic mass is 9.93. The van der Waals surface area contributed by atoms with Crippen molar-refractivity contribution in [2.45, 2.75) is 79.9 Å². The summed E-state index contributed by atoms with van der Waals surface area (Å²) < 4.78 is 11.6. The summed E-state index contributed by atoms with van der Waals surface area (Å²) in [5, 5.41) is 33.5. The van der Waals surface area contributed by atoms with Crippen molar-refractivity contribution in [2.75, 3.05) is 6.61 Å². The van der Waals surface area contributed by atoms with Crippen LogP contribution in [0.1, 0.15) is 80.1 Å². The Labute approximate surface area is 384 Å². The van der Waals surface area contributed by atoms with Gasteiger partial charge in [-0.2, -0.15) is 0 Å². The first kappa shape index (κ1) is 49.3. The SMILES string of the molecule is C.C.Cc1cc(C(=O)N2Cc3ccccc3C[C@H]2C=O)c([N+](=O)[O-])cc1OCc1ccccc1.Cc1cc(C(=O)N2Cc3ccccc3C[C@H]2CO)c([N+](=O)[O-])cc1OCc1ccccc1. The average Bonchev–Trinajstić information content (AvgIpc) is 3.32. The first-order valence-electron chi connectivity index (χ1n) is 20.7. The third-order valence-electron chi connectivity index (χ3n) is 11.4. The first-order valence-corrected chi connectivity index (χ1v) is 20.7. The summed E-state index contributed by atoms with van der Waals surface area (Å²) in [5.41, 5.74) is 6.39. The zero-order chi connectivity index (χ0) is 45.3. The molecule has 2 amide bonds. The molecule has 0 aliphatic carbocycles. The maximum Gasteiger partial charge on any atom is 0.285 e. The fourth-order valence-electron chi connectivity index (χ4n) is 7.97. The number of aliphatic hydroxyl groups excluding tert-OH is 1. The second-order valence-corrected chi connectivity index (χ2v) is 15.7. The molecule has 0 aromatic heterocycles. The number of amides is 2. The number of carbonyl (C=O) groups is 3. The molecule has 8 rings (SSSR count). The number of rotatable bonds is 12. The van der Waals surface area contributed by atoms with Gasteiger partial charge in [-0.1, -0.05) is 124 Å². The van der Waals surface area contributed by atoms with Crippen LogP contribution < -0.4 is 9.47 Å². The smallest absolute Gasteiger partial charge is 0.285 e. The van der Waals surface area contributed by atoms with Crippen LogP contribution in [-0.2, 0) is 43.9 Å². The first-order chi connectivity index (χ1) is 30.9. The Morgan fingerprint density at radius 3 is 1.44 bits per heavy atom. The van der Waals surface area contributed by atoms with Crippen LogP contribution in [0.25, 0.3) is 0 Å². The Hall–Kier alpha value is -7.71. The Morgan fingerprint density at radius 2 is 1.02 bits per heavy atom. The van der Waals surface area contributed by atoms with Crippen molar-refractivity contribution >= 4 is 29.5 Å². The van der Waals surface area contributed by atoms with Crippen LogP contribution in [0, 0.1) is 34.1 Å². The number of aryl methyl sites for hydroxylation is 2. The highest BCUT2D eigenvalue weighted by atomic mass is 16.6. The van der Waals surface area contributed by atoms with Gasteiger partial charge in [-0.05, 0) is 76.9 Å². The largest absolute Gasteiger partial charge is 0.488 e. The van der Waals surface area contributed by atoms with E-state index in [1.165, 1.54) is 34.1 Å². The Morgan fingerprint density at radius 1 is 0.621 bits per heavy atom. The van der Waals surface area contributed by atoms with E-state index in [0.717, 1.165) is 39.7 Å². The summed E-state index contributed by atoms with van der Waals surface area (Å²) >= 11 is 0. The summed E-state index contributed by atoms with van der Waals surface area (Å²) in [4.78, 5) is 63.9. The fraction of sp³-hybridized carbons (Fsp3) is 0.250. The molecular formula is C52H54N4O10. The molecule has 0 spiro atoms. The molecule has 6 aromatic rings. The van der Waals surface area contributed by atoms with Crippen LogP contribution in [0.15, 0.2) is 133 Å². The molecule has 6 aromatic carbocycles. The minimum absolute atomic E-state index is 0. The van der Waals surface area contributed by atoms with Gasteiger partial charge in [0.25, 0.3) is 23.2 Å². The molecule has 2 aliphatic heterocycles. The molecule has 1 N–H and O–H groups in total. The number of ether oxygens (including phenoxy) is 2. The molecule has 14 heteroatoms. The van der Waals surface area contributed by atoms with Gasteiger partial charge in [0, 0.05) is 19.5 Å². The number of aldehydes is 1. The lowest BCUT2D eigenvalue weighted by molar-refractivity contribution is -0.385. The predicted octanol–water partition coefficient (Wildman–Crippen LogP) is 9.56. The van der Waals surface area contributed by atoms with E-state index >= 15 is 0 Å². The molecule has 14 nitrogen and oxygen atoms in total. The van der Waals surface area contributed by atoms with E-state index in [9.17, 15) is 39.7 Å². The number of aliphatic hydroxyl groups is 1. The summed E-state index contributed by atoms with van der Waals surface area (Å²) in [6.45, 7) is 4.32. The van der Waals surface area contributed by atoms with Crippen LogP contribution >= 0.6 is 0 Å². The summed E-state index contributed by atoms with van der Waals surface area (Å²) in [6.07, 6.45) is 1.61. The van der Waals surface area contributed by atoms with Crippen molar-refractivity contribution in [3.05, 3.63) is 209 Å². The zero-order valence-corrected chi connectivity index (χ0v) is 35.3. The van der Waals surface area contributed by atoms with Crippen LogP contribution in [0.4, 0.5) is 11.4 Å². The highest BCUT2D eigenvalue weighted by molar-refractivity contribution is 6.00. The highest BCUT2D eigenvalue weighted by Gasteiger charge is 2.35. The van der Waals surface area contributed by atoms with Crippen molar-refractivity contribution in [2.24, 2.45) is 0 Å². The topological polar surface area (TPSA) is 183 Å². The third kappa shape index (κ3) is 11.1. The van der Waals surface area contributed by atoms with Crippen LogP contribution in [-0.4, -0.2) is 61.5 Å². The number of nitrogens with zero attached hydrogens (tertiary/aromatic N) is 4. The number of carbonyl (C=O) groups excluding carboxylic acids is 3. The number of nitro groups is 2. The summed E-state index contributed by atoms with van der Waals surface area (Å²) in [6, 6.07) is 38.8. The summed E-state index contributed by atoms with van der Waals surface area (Å²) in [5.74, 6) is -0.309. The minimum Gasteiger partial charge on any atom is -0.488 e. The molecule has 342 valence electrons. The van der Waals surface area contributed by atoms with Crippen molar-refractivity contribution in [1.29, 1.82) is 0 Å². The predicted molar refractivity (Wildman–Crippen MR) is 251 cm³/mol. The zero-order valence-electron chi connectivity index (χ0n) is 35.3. The number of hydrogen-bond donors (Lipinski definition) is 1. The second kappa shape index (κ2) is 22.3. The number of hydrogen-bond acceptors (Lipinski definition) is 10. The van der Waals surface area contributed by atoms with E-state index in [1.807, 2.05) is 109 Å². The maximum absolute atomic E-state index is 13.4. The van der Waals surface area contributed by atoms with Gasteiger partial charge in [-0.3, -0.25) is 29.8 Å². The molecule has 0 fully saturated rings. The Balaban J connectivity index is 0.000000240. The van der Waals surface area contributed by atoms with Crippen LogP contribution in [0.2, 0.25) is 0 Å². The molecule has 66 heavy (non-hydrogen) atoms. The summed E-state index contributed by atoms with van der Waals surface area (Å²) in [7, 11) is 0. The third-order valence-corrected chi connectivity index (χ3v) is 11.4. The van der Waals surface area contributed by atoms with E-state index in [2.05, 4.69) is 0 Å². The fourth-order valence-corrected chi connectivity index (χ4v) is 7.97. The van der Waals surface area contributed by atoms with Gasteiger partial charge in [0.1, 0.15) is 42.1 Å². The number of benzene rings is 6. The maximum atomic E-state index is 13.4. The van der Waals surface area contributed by atoms with Crippen molar-refractivity contribution in [3.8, 4) is 11.5 Å². The number of fused-ring (bicyclic) bond motifs is 2. The minimum atomic E-state index is -0.675. The van der Waals surface area contributed by atoms with Crippen molar-refractivity contribution in [1.82, 2.24) is 9.80 Å². The lowest BCUT2D eigenvalue weighted by Gasteiger charge is -2.36. The van der Waals surface area contributed by atoms with Gasteiger partial charge in [-0.25, -0.2) is 0 Å². The van der Waals surface area contributed by atoms with Crippen LogP contribution in [0.3, 0.4) is 0 Å². The van der Waals surface area contributed by atoms with Gasteiger partial charge in [0.15, 0.2) is 0 Å². The van der Waals surface area contributed by atoms with Crippen molar-refractivity contribution in [3.63, 3.8) is 0 Å². The quantitative estimate of drug-likeness (QED) is 0.0705. The molecule has 0 radical (unpaired) electrons. The van der Waals surface area contributed by atoms with E-state index in [-0.39, 0.29) is 63.7 Å². The Bertz CT molecular complexity index is 2690. The highest BCUT2D eigenvalue weighted by Crippen LogP contribution is 2.34. The van der Waals surface area contributed by atoms with E-state index in [0.29, 0.717) is 42.0 Å². The van der Waals surface area contributed by atoms with E-state index in [1.54, 1.807) is 13.8 Å². The van der Waals surface area contributed by atoms with E-state index in [4.69, 9.17) is 9.47 Å². The molecule has 0 bridgehead atoms. The molecule has 0 saturated carbocycles. The molecule has 2 atom stereocenters. The second-order valence-electron chi connectivity index (χ2n) is 15.7. The Kier molecular flexibility index (Phi) is 16.6. The van der Waals surface area contributed by atoms with Gasteiger partial charge in [0.2, 0.25) is 0 Å². The van der Waals surface area contributed by atoms with Crippen LogP contribution in [0.5, 0.6) is 11.5 Å². The molecule has 0 saturated heterocycles.